The quantitative estimate of drug-likeness (QED) is 0.307. The Labute approximate surface area is 218 Å². The molecule has 9 heteroatoms. The van der Waals surface area contributed by atoms with Gasteiger partial charge in [0, 0.05) is 25.7 Å². The third-order valence-corrected chi connectivity index (χ3v) is 8.82. The van der Waals surface area contributed by atoms with Gasteiger partial charge < -0.3 is 4.42 Å². The van der Waals surface area contributed by atoms with Gasteiger partial charge in [0.1, 0.15) is 17.4 Å². The summed E-state index contributed by atoms with van der Waals surface area (Å²) in [5, 5.41) is 4.59. The van der Waals surface area contributed by atoms with Gasteiger partial charge in [0.05, 0.1) is 5.41 Å². The smallest absolute Gasteiger partial charge is 0.420 e. The zero-order valence-electron chi connectivity index (χ0n) is 21.6. The van der Waals surface area contributed by atoms with E-state index >= 15 is 0 Å². The molecular formula is C29H30F3N5O. The number of aromatic nitrogens is 4. The van der Waals surface area contributed by atoms with Crippen LogP contribution >= 0.6 is 0 Å². The first-order valence-corrected chi connectivity index (χ1v) is 13.3. The molecule has 198 valence electrons. The molecule has 0 bridgehead atoms. The standard InChI is InChI=1S/C29H30F3N5O/c1-18-13-28(14-18,26-33-17-36(2)35-26)21-5-3-4-20(12-21)25-34-23-11-19(10-22(24(23)38-25)29(30,31)32)15-37-9-8-27(16-37)6-7-27/h3-5,10-12,17-18H,6-9,13-16H2,1-2H3. The summed E-state index contributed by atoms with van der Waals surface area (Å²) in [6, 6.07) is 10.7. The van der Waals surface area contributed by atoms with E-state index in [0.717, 1.165) is 43.7 Å². The molecule has 2 aliphatic carbocycles. The molecule has 2 saturated carbocycles. The summed E-state index contributed by atoms with van der Waals surface area (Å²) in [6.45, 7) is 4.60. The fourth-order valence-electron chi connectivity index (χ4n) is 6.71. The molecule has 0 N–H and O–H groups in total. The number of benzene rings is 2. The van der Waals surface area contributed by atoms with Crippen LogP contribution in [0.15, 0.2) is 47.1 Å². The molecular weight excluding hydrogens is 491 g/mol. The Hall–Kier alpha value is -3.20. The third kappa shape index (κ3) is 3.94. The Bertz CT molecular complexity index is 1530. The number of oxazole rings is 1. The van der Waals surface area contributed by atoms with Crippen LogP contribution in [0.4, 0.5) is 13.2 Å². The summed E-state index contributed by atoms with van der Waals surface area (Å²) < 4.78 is 50.0. The lowest BCUT2D eigenvalue weighted by Gasteiger charge is -2.45. The van der Waals surface area contributed by atoms with Crippen molar-refractivity contribution in [2.24, 2.45) is 18.4 Å². The molecule has 1 saturated heterocycles. The second kappa shape index (κ2) is 8.15. The zero-order valence-corrected chi connectivity index (χ0v) is 21.6. The monoisotopic (exact) mass is 521 g/mol. The number of halogens is 3. The van der Waals surface area contributed by atoms with E-state index in [4.69, 9.17) is 4.42 Å². The van der Waals surface area contributed by atoms with Crippen molar-refractivity contribution in [1.29, 1.82) is 0 Å². The van der Waals surface area contributed by atoms with Gasteiger partial charge in [-0.05, 0) is 85.4 Å². The number of fused-ring (bicyclic) bond motifs is 1. The van der Waals surface area contributed by atoms with E-state index in [2.05, 4.69) is 26.9 Å². The van der Waals surface area contributed by atoms with Crippen LogP contribution < -0.4 is 0 Å². The first kappa shape index (κ1) is 23.9. The molecule has 6 nitrogen and oxygen atoms in total. The highest BCUT2D eigenvalue weighted by atomic mass is 19.4. The lowest BCUT2D eigenvalue weighted by atomic mass is 9.58. The number of hydrogen-bond donors (Lipinski definition) is 0. The molecule has 0 amide bonds. The predicted molar refractivity (Wildman–Crippen MR) is 136 cm³/mol. The van der Waals surface area contributed by atoms with Gasteiger partial charge in [-0.2, -0.15) is 18.3 Å². The number of alkyl halides is 3. The van der Waals surface area contributed by atoms with Gasteiger partial charge in [-0.1, -0.05) is 19.1 Å². The summed E-state index contributed by atoms with van der Waals surface area (Å²) in [6.07, 6.45) is 2.60. The maximum atomic E-state index is 14.1. The molecule has 0 atom stereocenters. The van der Waals surface area contributed by atoms with Crippen LogP contribution in [0.25, 0.3) is 22.6 Å². The number of aryl methyl sites for hydroxylation is 1. The maximum absolute atomic E-state index is 14.1. The number of hydrogen-bond acceptors (Lipinski definition) is 5. The largest absolute Gasteiger partial charge is 0.435 e. The average molecular weight is 522 g/mol. The first-order valence-electron chi connectivity index (χ1n) is 13.3. The minimum Gasteiger partial charge on any atom is -0.435 e. The van der Waals surface area contributed by atoms with Crippen molar-refractivity contribution in [1.82, 2.24) is 24.6 Å². The molecule has 38 heavy (non-hydrogen) atoms. The molecule has 4 aromatic rings. The summed E-state index contributed by atoms with van der Waals surface area (Å²) >= 11 is 0. The second-order valence-corrected chi connectivity index (χ2v) is 11.9. The van der Waals surface area contributed by atoms with Gasteiger partial charge >= 0.3 is 6.18 Å². The van der Waals surface area contributed by atoms with Gasteiger partial charge in [0.15, 0.2) is 11.4 Å². The van der Waals surface area contributed by atoms with E-state index in [9.17, 15) is 13.2 Å². The van der Waals surface area contributed by atoms with Crippen LogP contribution in [0, 0.1) is 11.3 Å². The van der Waals surface area contributed by atoms with Crippen molar-refractivity contribution < 1.29 is 17.6 Å². The van der Waals surface area contributed by atoms with Crippen molar-refractivity contribution in [3.63, 3.8) is 0 Å². The number of rotatable bonds is 5. The van der Waals surface area contributed by atoms with E-state index in [1.807, 2.05) is 31.3 Å². The maximum Gasteiger partial charge on any atom is 0.420 e. The molecule has 7 rings (SSSR count). The highest BCUT2D eigenvalue weighted by molar-refractivity contribution is 5.81. The van der Waals surface area contributed by atoms with Gasteiger partial charge in [0.25, 0.3) is 0 Å². The second-order valence-electron chi connectivity index (χ2n) is 11.9. The minimum absolute atomic E-state index is 0.194. The fraction of sp³-hybridized carbons (Fsp3) is 0.483. The molecule has 1 aliphatic heterocycles. The van der Waals surface area contributed by atoms with E-state index in [0.29, 0.717) is 29.0 Å². The molecule has 2 aromatic carbocycles. The van der Waals surface area contributed by atoms with Crippen LogP contribution in [-0.2, 0) is 25.2 Å². The van der Waals surface area contributed by atoms with Gasteiger partial charge in [0.2, 0.25) is 5.89 Å². The lowest BCUT2D eigenvalue weighted by molar-refractivity contribution is -0.136. The molecule has 0 radical (unpaired) electrons. The molecule has 1 spiro atoms. The number of likely N-dealkylation sites (tertiary alicyclic amines) is 1. The van der Waals surface area contributed by atoms with Crippen LogP contribution in [0.1, 0.15) is 61.5 Å². The summed E-state index contributed by atoms with van der Waals surface area (Å²) in [5.41, 5.74) is 1.68. The predicted octanol–water partition coefficient (Wildman–Crippen LogP) is 6.34. The molecule has 3 aliphatic rings. The third-order valence-electron chi connectivity index (χ3n) is 8.82. The highest BCUT2D eigenvalue weighted by Gasteiger charge is 2.48. The Morgan fingerprint density at radius 3 is 2.58 bits per heavy atom. The zero-order chi connectivity index (χ0) is 26.3. The van der Waals surface area contributed by atoms with E-state index < -0.39 is 11.7 Å². The lowest BCUT2D eigenvalue weighted by Crippen LogP contribution is -2.42. The molecule has 2 aromatic heterocycles. The Balaban J connectivity index is 1.26. The summed E-state index contributed by atoms with van der Waals surface area (Å²) in [7, 11) is 1.85. The SMILES string of the molecule is CC1CC(c2cccc(-c3nc4cc(CN5CCC6(CC6)C5)cc(C(F)(F)F)c4o3)c2)(c2ncn(C)n2)C1. The van der Waals surface area contributed by atoms with Crippen molar-refractivity contribution in [2.75, 3.05) is 13.1 Å². The van der Waals surface area contributed by atoms with Crippen LogP contribution in [0.5, 0.6) is 0 Å². The minimum atomic E-state index is -4.54. The van der Waals surface area contributed by atoms with Crippen LogP contribution in [0.3, 0.4) is 0 Å². The van der Waals surface area contributed by atoms with Gasteiger partial charge in [-0.3, -0.25) is 9.58 Å². The van der Waals surface area contributed by atoms with Crippen molar-refractivity contribution in [2.45, 2.75) is 57.2 Å². The van der Waals surface area contributed by atoms with Crippen LogP contribution in [-0.4, -0.2) is 37.7 Å². The average Bonchev–Trinajstić information content (AvgIpc) is 3.16. The van der Waals surface area contributed by atoms with Gasteiger partial charge in [-0.15, -0.1) is 0 Å². The van der Waals surface area contributed by atoms with E-state index in [1.165, 1.54) is 18.9 Å². The summed E-state index contributed by atoms with van der Waals surface area (Å²) in [4.78, 5) is 11.4. The highest BCUT2D eigenvalue weighted by Crippen LogP contribution is 2.53. The Morgan fingerprint density at radius 2 is 1.92 bits per heavy atom. The van der Waals surface area contributed by atoms with Crippen molar-refractivity contribution in [3.05, 3.63) is 65.2 Å². The molecule has 0 unspecified atom stereocenters. The molecule has 3 fully saturated rings. The Kier molecular flexibility index (Phi) is 5.12. The van der Waals surface area contributed by atoms with Crippen molar-refractivity contribution in [3.8, 4) is 11.5 Å². The van der Waals surface area contributed by atoms with E-state index in [-0.39, 0.29) is 22.4 Å². The van der Waals surface area contributed by atoms with Crippen LogP contribution in [0.2, 0.25) is 0 Å². The topological polar surface area (TPSA) is 60.0 Å². The van der Waals surface area contributed by atoms with Gasteiger partial charge in [-0.25, -0.2) is 9.97 Å². The fourth-order valence-corrected chi connectivity index (χ4v) is 6.71. The summed E-state index contributed by atoms with van der Waals surface area (Å²) in [5.74, 6) is 1.50. The molecule has 3 heterocycles. The van der Waals surface area contributed by atoms with E-state index in [1.54, 1.807) is 17.1 Å². The van der Waals surface area contributed by atoms with Crippen molar-refractivity contribution >= 4 is 11.1 Å². The Morgan fingerprint density at radius 1 is 1.11 bits per heavy atom. The number of nitrogens with zero attached hydrogens (tertiary/aromatic N) is 5. The normalized spacial score (nSPS) is 24.8. The first-order chi connectivity index (χ1) is 18.1.